The molecule has 3 rings (SSSR count). The van der Waals surface area contributed by atoms with Crippen LogP contribution in [0.25, 0.3) is 11.6 Å². The molecule has 0 aliphatic heterocycles. The third-order valence-electron chi connectivity index (χ3n) is 2.96. The molecule has 0 spiro atoms. The van der Waals surface area contributed by atoms with E-state index in [1.165, 1.54) is 12.7 Å². The largest absolute Gasteiger partial charge is 0.225 e. The number of hydrogen-bond acceptors (Lipinski definition) is 3. The van der Waals surface area contributed by atoms with Crippen molar-refractivity contribution in [1.29, 1.82) is 0 Å². The molecule has 0 radical (unpaired) electrons. The van der Waals surface area contributed by atoms with Crippen molar-refractivity contribution in [2.75, 3.05) is 0 Å². The molecular weight excluding hydrogens is 246 g/mol. The fourth-order valence-corrected chi connectivity index (χ4v) is 2.02. The molecule has 0 aliphatic carbocycles. The SMILES string of the molecule is C(=C(c1ccccc1)c1ccccc1)c1ncncn1. The lowest BCUT2D eigenvalue weighted by Crippen LogP contribution is -1.92. The summed E-state index contributed by atoms with van der Waals surface area (Å²) in [7, 11) is 0. The number of rotatable bonds is 3. The minimum Gasteiger partial charge on any atom is -0.225 e. The van der Waals surface area contributed by atoms with Gasteiger partial charge in [0.05, 0.1) is 0 Å². The zero-order chi connectivity index (χ0) is 13.6. The van der Waals surface area contributed by atoms with E-state index < -0.39 is 0 Å². The van der Waals surface area contributed by atoms with E-state index >= 15 is 0 Å². The van der Waals surface area contributed by atoms with Crippen LogP contribution >= 0.6 is 0 Å². The van der Waals surface area contributed by atoms with E-state index in [-0.39, 0.29) is 0 Å². The lowest BCUT2D eigenvalue weighted by molar-refractivity contribution is 1.03. The van der Waals surface area contributed by atoms with Gasteiger partial charge in [-0.05, 0) is 22.8 Å². The summed E-state index contributed by atoms with van der Waals surface area (Å²) < 4.78 is 0. The highest BCUT2D eigenvalue weighted by Gasteiger charge is 2.05. The Morgan fingerprint density at radius 2 is 1.20 bits per heavy atom. The third-order valence-corrected chi connectivity index (χ3v) is 2.96. The molecule has 3 nitrogen and oxygen atoms in total. The van der Waals surface area contributed by atoms with E-state index in [2.05, 4.69) is 39.2 Å². The highest BCUT2D eigenvalue weighted by molar-refractivity contribution is 5.90. The van der Waals surface area contributed by atoms with Crippen molar-refractivity contribution < 1.29 is 0 Å². The van der Waals surface area contributed by atoms with Gasteiger partial charge < -0.3 is 0 Å². The van der Waals surface area contributed by atoms with Crippen LogP contribution in [-0.2, 0) is 0 Å². The average molecular weight is 259 g/mol. The van der Waals surface area contributed by atoms with Crippen LogP contribution < -0.4 is 0 Å². The molecule has 0 fully saturated rings. The van der Waals surface area contributed by atoms with E-state index in [9.17, 15) is 0 Å². The second-order valence-electron chi connectivity index (χ2n) is 4.29. The molecule has 1 heterocycles. The molecule has 0 amide bonds. The Balaban J connectivity index is 2.12. The van der Waals surface area contributed by atoms with Crippen molar-refractivity contribution in [2.24, 2.45) is 0 Å². The molecule has 0 saturated heterocycles. The van der Waals surface area contributed by atoms with Crippen LogP contribution in [0.5, 0.6) is 0 Å². The molecule has 3 heteroatoms. The van der Waals surface area contributed by atoms with E-state index in [1.54, 1.807) is 0 Å². The Kier molecular flexibility index (Phi) is 3.60. The monoisotopic (exact) mass is 259 g/mol. The van der Waals surface area contributed by atoms with Gasteiger partial charge in [-0.3, -0.25) is 0 Å². The van der Waals surface area contributed by atoms with Crippen molar-refractivity contribution >= 4 is 11.6 Å². The molecule has 96 valence electrons. The van der Waals surface area contributed by atoms with Crippen molar-refractivity contribution in [3.8, 4) is 0 Å². The molecule has 2 aromatic carbocycles. The first kappa shape index (κ1) is 12.2. The number of hydrogen-bond donors (Lipinski definition) is 0. The third kappa shape index (κ3) is 2.78. The smallest absolute Gasteiger partial charge is 0.156 e. The summed E-state index contributed by atoms with van der Waals surface area (Å²) in [4.78, 5) is 12.2. The maximum atomic E-state index is 4.17. The lowest BCUT2D eigenvalue weighted by atomic mass is 9.97. The van der Waals surface area contributed by atoms with Crippen LogP contribution in [0.1, 0.15) is 17.0 Å². The van der Waals surface area contributed by atoms with Crippen LogP contribution in [0.2, 0.25) is 0 Å². The Bertz CT molecular complexity index is 651. The van der Waals surface area contributed by atoms with E-state index in [0.29, 0.717) is 5.82 Å². The quantitative estimate of drug-likeness (QED) is 0.723. The van der Waals surface area contributed by atoms with Gasteiger partial charge in [0.15, 0.2) is 5.82 Å². The second-order valence-corrected chi connectivity index (χ2v) is 4.29. The van der Waals surface area contributed by atoms with E-state index in [1.807, 2.05) is 42.5 Å². The molecule has 0 bridgehead atoms. The van der Waals surface area contributed by atoms with Crippen LogP contribution in [-0.4, -0.2) is 15.0 Å². The summed E-state index contributed by atoms with van der Waals surface area (Å²) >= 11 is 0. The zero-order valence-electron chi connectivity index (χ0n) is 10.8. The fourth-order valence-electron chi connectivity index (χ4n) is 2.02. The van der Waals surface area contributed by atoms with Gasteiger partial charge in [0, 0.05) is 0 Å². The maximum Gasteiger partial charge on any atom is 0.156 e. The molecule has 0 aliphatic rings. The van der Waals surface area contributed by atoms with E-state index in [4.69, 9.17) is 0 Å². The first-order chi connectivity index (χ1) is 9.93. The summed E-state index contributed by atoms with van der Waals surface area (Å²) in [6.45, 7) is 0. The van der Waals surface area contributed by atoms with Gasteiger partial charge in [-0.2, -0.15) is 0 Å². The van der Waals surface area contributed by atoms with Gasteiger partial charge >= 0.3 is 0 Å². The van der Waals surface area contributed by atoms with Crippen molar-refractivity contribution in [2.45, 2.75) is 0 Å². The van der Waals surface area contributed by atoms with Crippen molar-refractivity contribution in [3.05, 3.63) is 90.3 Å². The minimum atomic E-state index is 0.655. The van der Waals surface area contributed by atoms with Crippen molar-refractivity contribution in [3.63, 3.8) is 0 Å². The summed E-state index contributed by atoms with van der Waals surface area (Å²) in [5, 5.41) is 0. The molecule has 0 saturated carbocycles. The Labute approximate surface area is 117 Å². The van der Waals surface area contributed by atoms with Gasteiger partial charge in [-0.25, -0.2) is 15.0 Å². The molecule has 0 atom stereocenters. The first-order valence-corrected chi connectivity index (χ1v) is 6.38. The molecular formula is C17H13N3. The summed E-state index contributed by atoms with van der Waals surface area (Å²) in [5.41, 5.74) is 3.37. The number of aromatic nitrogens is 3. The summed E-state index contributed by atoms with van der Waals surface area (Å²) in [6, 6.07) is 20.5. The van der Waals surface area contributed by atoms with Crippen LogP contribution in [0.4, 0.5) is 0 Å². The van der Waals surface area contributed by atoms with Gasteiger partial charge in [-0.15, -0.1) is 0 Å². The van der Waals surface area contributed by atoms with Gasteiger partial charge in [0.25, 0.3) is 0 Å². The highest BCUT2D eigenvalue weighted by Crippen LogP contribution is 2.24. The average Bonchev–Trinajstić information content (AvgIpc) is 2.55. The van der Waals surface area contributed by atoms with Gasteiger partial charge in [0.1, 0.15) is 12.7 Å². The van der Waals surface area contributed by atoms with Crippen molar-refractivity contribution in [1.82, 2.24) is 15.0 Å². The molecule has 20 heavy (non-hydrogen) atoms. The maximum absolute atomic E-state index is 4.17. The predicted octanol–water partition coefficient (Wildman–Crippen LogP) is 3.46. The molecule has 0 unspecified atom stereocenters. The second kappa shape index (κ2) is 5.89. The lowest BCUT2D eigenvalue weighted by Gasteiger charge is -2.08. The Hall–Kier alpha value is -2.81. The Morgan fingerprint density at radius 1 is 0.700 bits per heavy atom. The highest BCUT2D eigenvalue weighted by atomic mass is 15.0. The first-order valence-electron chi connectivity index (χ1n) is 6.38. The molecule has 1 aromatic heterocycles. The van der Waals surface area contributed by atoms with E-state index in [0.717, 1.165) is 16.7 Å². The summed E-state index contributed by atoms with van der Waals surface area (Å²) in [5.74, 6) is 0.655. The number of nitrogens with zero attached hydrogens (tertiary/aromatic N) is 3. The summed E-state index contributed by atoms with van der Waals surface area (Å²) in [6.07, 6.45) is 4.99. The molecule has 3 aromatic rings. The van der Waals surface area contributed by atoms with Gasteiger partial charge in [-0.1, -0.05) is 60.7 Å². The Morgan fingerprint density at radius 3 is 1.70 bits per heavy atom. The normalized spacial score (nSPS) is 10.0. The topological polar surface area (TPSA) is 38.7 Å². The zero-order valence-corrected chi connectivity index (χ0v) is 10.8. The predicted molar refractivity (Wildman–Crippen MR) is 79.7 cm³/mol. The molecule has 0 N–H and O–H groups in total. The van der Waals surface area contributed by atoms with Crippen LogP contribution in [0, 0.1) is 0 Å². The van der Waals surface area contributed by atoms with Crippen LogP contribution in [0.3, 0.4) is 0 Å². The van der Waals surface area contributed by atoms with Gasteiger partial charge in [0.2, 0.25) is 0 Å². The van der Waals surface area contributed by atoms with Crippen LogP contribution in [0.15, 0.2) is 73.3 Å². The minimum absolute atomic E-state index is 0.655. The fraction of sp³-hybridized carbons (Fsp3) is 0. The number of benzene rings is 2. The standard InChI is InChI=1S/C17H13N3/c1-3-7-14(8-4-1)16(15-9-5-2-6-10-15)11-17-19-12-18-13-20-17/h1-13H.